The van der Waals surface area contributed by atoms with Crippen LogP contribution in [0.3, 0.4) is 0 Å². The zero-order chi connectivity index (χ0) is 12.1. The molecule has 0 aliphatic carbocycles. The molecule has 2 saturated heterocycles. The Kier molecular flexibility index (Phi) is 7.42. The fourth-order valence-electron chi connectivity index (χ4n) is 2.80. The van der Waals surface area contributed by atoms with E-state index in [4.69, 9.17) is 0 Å². The van der Waals surface area contributed by atoms with Crippen LogP contribution in [0.2, 0.25) is 0 Å². The van der Waals surface area contributed by atoms with Gasteiger partial charge in [0.2, 0.25) is 5.91 Å². The molecule has 2 heterocycles. The Hall–Kier alpha value is 0.0700. The van der Waals surface area contributed by atoms with Crippen LogP contribution in [-0.4, -0.2) is 48.0 Å². The minimum Gasteiger partial charge on any atom is -0.338 e. The number of nitrogens with zero attached hydrogens (tertiary/aromatic N) is 1. The molecule has 106 valence electrons. The molecular formula is C13H25ClN2OS. The van der Waals surface area contributed by atoms with Gasteiger partial charge in [0.25, 0.3) is 0 Å². The first-order chi connectivity index (χ1) is 8.33. The summed E-state index contributed by atoms with van der Waals surface area (Å²) in [5.41, 5.74) is 0. The largest absolute Gasteiger partial charge is 0.338 e. The van der Waals surface area contributed by atoms with Crippen LogP contribution in [0.15, 0.2) is 0 Å². The molecule has 0 saturated carbocycles. The summed E-state index contributed by atoms with van der Waals surface area (Å²) in [6.45, 7) is 5.17. The van der Waals surface area contributed by atoms with Gasteiger partial charge in [-0.15, -0.1) is 12.4 Å². The Morgan fingerprint density at radius 2 is 2.06 bits per heavy atom. The summed E-state index contributed by atoms with van der Waals surface area (Å²) in [4.78, 5) is 14.7. The van der Waals surface area contributed by atoms with E-state index in [1.807, 2.05) is 11.8 Å². The fourth-order valence-corrected chi connectivity index (χ4v) is 3.90. The van der Waals surface area contributed by atoms with Gasteiger partial charge in [0.1, 0.15) is 0 Å². The summed E-state index contributed by atoms with van der Waals surface area (Å²) in [6, 6.07) is 0.456. The Bertz CT molecular complexity index is 253. The molecule has 0 aromatic rings. The van der Waals surface area contributed by atoms with Crippen LogP contribution in [0.25, 0.3) is 0 Å². The van der Waals surface area contributed by atoms with Crippen LogP contribution in [0, 0.1) is 5.92 Å². The van der Waals surface area contributed by atoms with Gasteiger partial charge < -0.3 is 10.2 Å². The number of amides is 1. The first-order valence-corrected chi connectivity index (χ1v) is 8.07. The second-order valence-corrected chi connectivity index (χ2v) is 6.29. The van der Waals surface area contributed by atoms with E-state index in [0.29, 0.717) is 17.9 Å². The molecule has 1 unspecified atom stereocenters. The van der Waals surface area contributed by atoms with Crippen molar-refractivity contribution in [1.29, 1.82) is 0 Å². The van der Waals surface area contributed by atoms with E-state index in [0.717, 1.165) is 45.3 Å². The smallest absolute Gasteiger partial charge is 0.226 e. The average molecular weight is 293 g/mol. The lowest BCUT2D eigenvalue weighted by molar-refractivity contribution is -0.137. The molecule has 2 aliphatic rings. The Morgan fingerprint density at radius 3 is 2.61 bits per heavy atom. The number of thioether (sulfide) groups is 1. The highest BCUT2D eigenvalue weighted by atomic mass is 35.5. The van der Waals surface area contributed by atoms with Crippen molar-refractivity contribution in [2.75, 3.05) is 31.1 Å². The second kappa shape index (κ2) is 8.28. The normalized spacial score (nSPS) is 24.6. The van der Waals surface area contributed by atoms with Crippen molar-refractivity contribution in [3.63, 3.8) is 0 Å². The molecule has 1 atom stereocenters. The maximum atomic E-state index is 12.6. The van der Waals surface area contributed by atoms with E-state index in [2.05, 4.69) is 17.1 Å². The SMILES string of the molecule is CCCN(C(=O)C1CCSCC1)C1CCNC1.Cl. The Labute approximate surface area is 121 Å². The highest BCUT2D eigenvalue weighted by molar-refractivity contribution is 7.99. The highest BCUT2D eigenvalue weighted by Crippen LogP contribution is 2.26. The van der Waals surface area contributed by atoms with Gasteiger partial charge in [-0.25, -0.2) is 0 Å². The third-order valence-electron chi connectivity index (χ3n) is 3.79. The van der Waals surface area contributed by atoms with Crippen molar-refractivity contribution in [2.24, 2.45) is 5.92 Å². The topological polar surface area (TPSA) is 32.3 Å². The lowest BCUT2D eigenvalue weighted by Gasteiger charge is -2.33. The summed E-state index contributed by atoms with van der Waals surface area (Å²) in [7, 11) is 0. The number of carbonyl (C=O) groups excluding carboxylic acids is 1. The van der Waals surface area contributed by atoms with Crippen molar-refractivity contribution < 1.29 is 4.79 Å². The number of halogens is 1. The van der Waals surface area contributed by atoms with Gasteiger partial charge in [0.15, 0.2) is 0 Å². The first kappa shape index (κ1) is 16.1. The zero-order valence-corrected chi connectivity index (χ0v) is 12.8. The van der Waals surface area contributed by atoms with E-state index in [-0.39, 0.29) is 12.4 Å². The van der Waals surface area contributed by atoms with Gasteiger partial charge in [-0.05, 0) is 43.7 Å². The van der Waals surface area contributed by atoms with Crippen LogP contribution in [0.4, 0.5) is 0 Å². The number of rotatable bonds is 4. The molecular weight excluding hydrogens is 268 g/mol. The van der Waals surface area contributed by atoms with Crippen molar-refractivity contribution in [1.82, 2.24) is 10.2 Å². The van der Waals surface area contributed by atoms with Gasteiger partial charge in [-0.1, -0.05) is 6.92 Å². The Morgan fingerprint density at radius 1 is 1.33 bits per heavy atom. The van der Waals surface area contributed by atoms with Crippen LogP contribution in [-0.2, 0) is 4.79 Å². The van der Waals surface area contributed by atoms with Crippen molar-refractivity contribution >= 4 is 30.1 Å². The molecule has 5 heteroatoms. The molecule has 2 fully saturated rings. The molecule has 0 bridgehead atoms. The minimum atomic E-state index is 0. The maximum Gasteiger partial charge on any atom is 0.226 e. The van der Waals surface area contributed by atoms with E-state index in [1.165, 1.54) is 11.5 Å². The van der Waals surface area contributed by atoms with Gasteiger partial charge in [-0.2, -0.15) is 11.8 Å². The molecule has 0 aromatic heterocycles. The van der Waals surface area contributed by atoms with Gasteiger partial charge >= 0.3 is 0 Å². The van der Waals surface area contributed by atoms with Crippen LogP contribution in [0.1, 0.15) is 32.6 Å². The summed E-state index contributed by atoms with van der Waals surface area (Å²) in [5.74, 6) is 3.07. The van der Waals surface area contributed by atoms with Crippen LogP contribution in [0.5, 0.6) is 0 Å². The lowest BCUT2D eigenvalue weighted by atomic mass is 9.99. The quantitative estimate of drug-likeness (QED) is 0.862. The first-order valence-electron chi connectivity index (χ1n) is 6.92. The second-order valence-electron chi connectivity index (χ2n) is 5.06. The van der Waals surface area contributed by atoms with Crippen LogP contribution < -0.4 is 5.32 Å². The molecule has 3 nitrogen and oxygen atoms in total. The number of carbonyl (C=O) groups is 1. The number of nitrogens with one attached hydrogen (secondary N) is 1. The summed E-state index contributed by atoms with van der Waals surface area (Å²) in [5, 5.41) is 3.37. The predicted octanol–water partition coefficient (Wildman–Crippen LogP) is 2.15. The molecule has 2 aliphatic heterocycles. The van der Waals surface area contributed by atoms with Crippen molar-refractivity contribution in [3.05, 3.63) is 0 Å². The molecule has 2 rings (SSSR count). The molecule has 0 aromatic carbocycles. The van der Waals surface area contributed by atoms with Gasteiger partial charge in [0, 0.05) is 25.0 Å². The fraction of sp³-hybridized carbons (Fsp3) is 0.923. The molecule has 0 radical (unpaired) electrons. The third-order valence-corrected chi connectivity index (χ3v) is 4.84. The highest BCUT2D eigenvalue weighted by Gasteiger charge is 2.31. The number of hydrogen-bond donors (Lipinski definition) is 1. The van der Waals surface area contributed by atoms with E-state index in [9.17, 15) is 4.79 Å². The molecule has 18 heavy (non-hydrogen) atoms. The minimum absolute atomic E-state index is 0. The van der Waals surface area contributed by atoms with E-state index >= 15 is 0 Å². The summed E-state index contributed by atoms with van der Waals surface area (Å²) in [6.07, 6.45) is 4.38. The maximum absolute atomic E-state index is 12.6. The monoisotopic (exact) mass is 292 g/mol. The molecule has 1 amide bonds. The van der Waals surface area contributed by atoms with Gasteiger partial charge in [-0.3, -0.25) is 4.79 Å². The van der Waals surface area contributed by atoms with Gasteiger partial charge in [0.05, 0.1) is 0 Å². The number of hydrogen-bond acceptors (Lipinski definition) is 3. The third kappa shape index (κ3) is 4.04. The van der Waals surface area contributed by atoms with Crippen molar-refractivity contribution in [3.8, 4) is 0 Å². The molecule has 0 spiro atoms. The standard InChI is InChI=1S/C13H24N2OS.ClH/c1-2-7-15(12-3-6-14-10-12)13(16)11-4-8-17-9-5-11;/h11-12,14H,2-10H2,1H3;1H. The zero-order valence-electron chi connectivity index (χ0n) is 11.2. The summed E-state index contributed by atoms with van der Waals surface area (Å²) < 4.78 is 0. The predicted molar refractivity (Wildman–Crippen MR) is 80.6 cm³/mol. The van der Waals surface area contributed by atoms with E-state index in [1.54, 1.807) is 0 Å². The lowest BCUT2D eigenvalue weighted by Crippen LogP contribution is -2.45. The van der Waals surface area contributed by atoms with E-state index < -0.39 is 0 Å². The Balaban J connectivity index is 0.00000162. The van der Waals surface area contributed by atoms with Crippen LogP contribution >= 0.6 is 24.2 Å². The molecule has 1 N–H and O–H groups in total. The average Bonchev–Trinajstić information content (AvgIpc) is 2.90. The summed E-state index contributed by atoms with van der Waals surface area (Å²) >= 11 is 1.99. The van der Waals surface area contributed by atoms with Crippen molar-refractivity contribution in [2.45, 2.75) is 38.6 Å².